The van der Waals surface area contributed by atoms with Gasteiger partial charge in [-0.25, -0.2) is 11.1 Å². The molecule has 116 valence electrons. The van der Waals surface area contributed by atoms with Crippen LogP contribution < -0.4 is 24.8 Å². The van der Waals surface area contributed by atoms with E-state index in [0.717, 1.165) is 0 Å². The van der Waals surface area contributed by atoms with Crippen molar-refractivity contribution in [1.82, 2.24) is 0 Å². The predicted molar refractivity (Wildman–Crippen MR) is 79.9 cm³/mol. The van der Waals surface area contributed by atoms with Gasteiger partial charge in [-0.3, -0.25) is 12.2 Å². The summed E-state index contributed by atoms with van der Waals surface area (Å²) in [5, 5.41) is 0. The Morgan fingerprint density at radius 3 is 0.905 bits per heavy atom. The first-order valence-electron chi connectivity index (χ1n) is 6.81. The second-order valence-corrected chi connectivity index (χ2v) is 5.60. The summed E-state index contributed by atoms with van der Waals surface area (Å²) in [7, 11) is 0. The van der Waals surface area contributed by atoms with Gasteiger partial charge in [-0.15, -0.1) is 13.8 Å². The first kappa shape index (κ1) is 26.3. The first-order chi connectivity index (χ1) is 8.25. The third-order valence-corrected chi connectivity index (χ3v) is 4.47. The molecule has 2 rings (SSSR count). The summed E-state index contributed by atoms with van der Waals surface area (Å²) < 4.78 is 0. The smallest absolute Gasteiger partial charge is 1.00 e. The van der Waals surface area contributed by atoms with Crippen LogP contribution >= 0.6 is 0 Å². The minimum absolute atomic E-state index is 0. The zero-order valence-corrected chi connectivity index (χ0v) is 19.5. The molecule has 0 radical (unpaired) electrons. The molecule has 2 unspecified atom stereocenters. The molecule has 0 nitrogen and oxygen atoms in total. The van der Waals surface area contributed by atoms with Gasteiger partial charge in [0.1, 0.15) is 0 Å². The molecule has 0 heterocycles. The Morgan fingerprint density at radius 2 is 0.857 bits per heavy atom. The van der Waals surface area contributed by atoms with Crippen LogP contribution in [0.3, 0.4) is 0 Å². The molecule has 3 heteroatoms. The standard InChI is InChI=1S/2C9H13.2ClH.Hf/c2*1-6-5-7(2)9(4)8(6)3;;;/h2*6H,1-4H3;2*1H;/q2*-1;;;+4/p-2. The fourth-order valence-electron chi connectivity index (χ4n) is 2.32. The van der Waals surface area contributed by atoms with Crippen molar-refractivity contribution in [2.45, 2.75) is 55.4 Å². The van der Waals surface area contributed by atoms with Gasteiger partial charge >= 0.3 is 25.8 Å². The van der Waals surface area contributed by atoms with Crippen molar-refractivity contribution in [2.75, 3.05) is 0 Å². The van der Waals surface area contributed by atoms with E-state index >= 15 is 0 Å². The Hall–Kier alpha value is 0.410. The van der Waals surface area contributed by atoms with Crippen molar-refractivity contribution in [1.29, 1.82) is 0 Å². The topological polar surface area (TPSA) is 0 Å². The molecule has 0 spiro atoms. The first-order valence-corrected chi connectivity index (χ1v) is 6.81. The van der Waals surface area contributed by atoms with Crippen LogP contribution in [0.5, 0.6) is 0 Å². The van der Waals surface area contributed by atoms with E-state index in [1.54, 1.807) is 0 Å². The summed E-state index contributed by atoms with van der Waals surface area (Å²) in [5.41, 5.74) is 8.49. The predicted octanol–water partition coefficient (Wildman–Crippen LogP) is -0.551. The Kier molecular flexibility index (Phi) is 13.8. The molecule has 21 heavy (non-hydrogen) atoms. The molecule has 0 aromatic carbocycles. The second-order valence-electron chi connectivity index (χ2n) is 5.60. The average Bonchev–Trinajstić information content (AvgIpc) is 2.66. The fraction of sp³-hybridized carbons (Fsp3) is 0.556. The Labute approximate surface area is 162 Å². The molecule has 0 aromatic heterocycles. The molecule has 0 fully saturated rings. The maximum absolute atomic E-state index is 3.36. The monoisotopic (exact) mass is 492 g/mol. The van der Waals surface area contributed by atoms with Crippen LogP contribution in [-0.4, -0.2) is 0 Å². The minimum atomic E-state index is 0. The number of allylic oxidation sites excluding steroid dienone is 8. The maximum Gasteiger partial charge on any atom is 4.00 e. The average molecular weight is 492 g/mol. The van der Waals surface area contributed by atoms with Crippen molar-refractivity contribution >= 4 is 0 Å². The van der Waals surface area contributed by atoms with E-state index in [2.05, 4.69) is 67.5 Å². The van der Waals surface area contributed by atoms with Gasteiger partial charge in [-0.2, -0.15) is 22.3 Å². The second kappa shape index (κ2) is 11.0. The molecule has 0 bridgehead atoms. The summed E-state index contributed by atoms with van der Waals surface area (Å²) in [6, 6.07) is 0. The zero-order chi connectivity index (χ0) is 14.0. The van der Waals surface area contributed by atoms with E-state index in [0.29, 0.717) is 11.8 Å². The van der Waals surface area contributed by atoms with Crippen molar-refractivity contribution in [2.24, 2.45) is 11.8 Å². The summed E-state index contributed by atoms with van der Waals surface area (Å²) in [6.07, 6.45) is 6.72. The van der Waals surface area contributed by atoms with Gasteiger partial charge in [0.05, 0.1) is 0 Å². The van der Waals surface area contributed by atoms with Crippen molar-refractivity contribution in [3.05, 3.63) is 45.6 Å². The molecule has 0 N–H and O–H groups in total. The largest absolute Gasteiger partial charge is 4.00 e. The van der Waals surface area contributed by atoms with Crippen LogP contribution in [-0.2, 0) is 25.8 Å². The Morgan fingerprint density at radius 1 is 0.619 bits per heavy atom. The maximum atomic E-state index is 3.36. The molecular formula is C18H26Cl2Hf. The van der Waals surface area contributed by atoms with Crippen LogP contribution in [0.25, 0.3) is 0 Å². The molecule has 0 amide bonds. The number of hydrogen-bond donors (Lipinski definition) is 0. The molecule has 0 saturated carbocycles. The molecule has 0 saturated heterocycles. The molecule has 2 aliphatic rings. The normalized spacial score (nSPS) is 23.2. The minimum Gasteiger partial charge on any atom is -1.00 e. The van der Waals surface area contributed by atoms with Crippen LogP contribution in [0, 0.1) is 24.0 Å². The summed E-state index contributed by atoms with van der Waals surface area (Å²) in [5.74, 6) is 1.12. The van der Waals surface area contributed by atoms with E-state index in [9.17, 15) is 0 Å². The molecule has 0 aromatic rings. The third kappa shape index (κ3) is 6.59. The summed E-state index contributed by atoms with van der Waals surface area (Å²) in [4.78, 5) is 0. The molecule has 0 aliphatic heterocycles. The fourth-order valence-corrected chi connectivity index (χ4v) is 2.32. The summed E-state index contributed by atoms with van der Waals surface area (Å²) >= 11 is 0. The van der Waals surface area contributed by atoms with Gasteiger partial charge in [0.2, 0.25) is 0 Å². The van der Waals surface area contributed by atoms with Crippen molar-refractivity contribution in [3.8, 4) is 0 Å². The van der Waals surface area contributed by atoms with Crippen molar-refractivity contribution in [3.63, 3.8) is 0 Å². The summed E-state index contributed by atoms with van der Waals surface area (Å²) in [6.45, 7) is 17.3. The Balaban J connectivity index is -0.000000270. The number of rotatable bonds is 0. The van der Waals surface area contributed by atoms with Crippen LogP contribution in [0.1, 0.15) is 55.4 Å². The molecule has 2 aliphatic carbocycles. The van der Waals surface area contributed by atoms with Crippen LogP contribution in [0.4, 0.5) is 0 Å². The van der Waals surface area contributed by atoms with E-state index in [1.807, 2.05) is 0 Å². The van der Waals surface area contributed by atoms with E-state index < -0.39 is 0 Å². The number of halogens is 2. The van der Waals surface area contributed by atoms with Gasteiger partial charge in [-0.1, -0.05) is 53.4 Å². The van der Waals surface area contributed by atoms with Crippen LogP contribution in [0.15, 0.2) is 33.4 Å². The van der Waals surface area contributed by atoms with Crippen LogP contribution in [0.2, 0.25) is 0 Å². The zero-order valence-electron chi connectivity index (χ0n) is 14.4. The van der Waals surface area contributed by atoms with Gasteiger partial charge in [0.15, 0.2) is 0 Å². The van der Waals surface area contributed by atoms with Gasteiger partial charge in [0, 0.05) is 0 Å². The van der Waals surface area contributed by atoms with E-state index in [4.69, 9.17) is 0 Å². The van der Waals surface area contributed by atoms with Gasteiger partial charge in [-0.05, 0) is 0 Å². The Bertz CT molecular complexity index is 424. The molecule has 2 atom stereocenters. The number of hydrogen-bond acceptors (Lipinski definition) is 0. The van der Waals surface area contributed by atoms with Crippen molar-refractivity contribution < 1.29 is 50.7 Å². The van der Waals surface area contributed by atoms with E-state index in [1.165, 1.54) is 33.4 Å². The SMILES string of the molecule is CC1=[C-]C(C)C(C)=C1C.CC1=[C-]C(C)C(C)=C1C.[Cl-].[Cl-].[Hf+4]. The third-order valence-electron chi connectivity index (χ3n) is 4.47. The van der Waals surface area contributed by atoms with Gasteiger partial charge < -0.3 is 24.8 Å². The van der Waals surface area contributed by atoms with E-state index in [-0.39, 0.29) is 50.7 Å². The van der Waals surface area contributed by atoms with Gasteiger partial charge in [0.25, 0.3) is 0 Å². The quantitative estimate of drug-likeness (QED) is 0.315. The molecular weight excluding hydrogens is 466 g/mol.